The molecule has 0 saturated heterocycles. The van der Waals surface area contributed by atoms with Crippen molar-refractivity contribution in [2.75, 3.05) is 20.1 Å². The first-order chi connectivity index (χ1) is 7.22. The molecule has 2 fully saturated rings. The molecule has 0 aromatic rings. The van der Waals surface area contributed by atoms with Gasteiger partial charge in [-0.25, -0.2) is 0 Å². The molecule has 2 atom stereocenters. The van der Waals surface area contributed by atoms with Crippen molar-refractivity contribution in [2.45, 2.75) is 51.6 Å². The molecule has 2 rings (SSSR count). The monoisotopic (exact) mass is 210 g/mol. The van der Waals surface area contributed by atoms with Crippen molar-refractivity contribution in [1.29, 1.82) is 0 Å². The average Bonchev–Trinajstić information content (AvgIpc) is 2.95. The van der Waals surface area contributed by atoms with E-state index in [-0.39, 0.29) is 0 Å². The first-order valence-corrected chi connectivity index (χ1v) is 6.62. The van der Waals surface area contributed by atoms with E-state index >= 15 is 0 Å². The summed E-state index contributed by atoms with van der Waals surface area (Å²) in [4.78, 5) is 2.77. The molecule has 0 aromatic heterocycles. The van der Waals surface area contributed by atoms with Crippen molar-refractivity contribution < 1.29 is 0 Å². The highest BCUT2D eigenvalue weighted by Gasteiger charge is 2.38. The molecule has 2 aliphatic rings. The first-order valence-electron chi connectivity index (χ1n) is 6.62. The van der Waals surface area contributed by atoms with Gasteiger partial charge in [0, 0.05) is 18.6 Å². The summed E-state index contributed by atoms with van der Waals surface area (Å²) in [6, 6.07) is 1.60. The molecule has 2 saturated carbocycles. The summed E-state index contributed by atoms with van der Waals surface area (Å²) in [6.45, 7) is 7.29. The third-order valence-electron chi connectivity index (χ3n) is 4.10. The van der Waals surface area contributed by atoms with Crippen molar-refractivity contribution in [2.24, 2.45) is 11.8 Å². The zero-order valence-electron chi connectivity index (χ0n) is 10.5. The van der Waals surface area contributed by atoms with E-state index in [4.69, 9.17) is 0 Å². The predicted molar refractivity (Wildman–Crippen MR) is 65.0 cm³/mol. The van der Waals surface area contributed by atoms with Crippen LogP contribution in [-0.4, -0.2) is 37.1 Å². The lowest BCUT2D eigenvalue weighted by Gasteiger charge is -2.46. The van der Waals surface area contributed by atoms with Gasteiger partial charge in [0.1, 0.15) is 0 Å². The van der Waals surface area contributed by atoms with Gasteiger partial charge in [-0.15, -0.1) is 0 Å². The number of hydrogen-bond acceptors (Lipinski definition) is 2. The molecule has 0 radical (unpaired) electrons. The highest BCUT2D eigenvalue weighted by molar-refractivity contribution is 4.93. The third-order valence-corrected chi connectivity index (χ3v) is 4.10. The van der Waals surface area contributed by atoms with Crippen LogP contribution in [0.1, 0.15) is 39.5 Å². The van der Waals surface area contributed by atoms with Gasteiger partial charge in [-0.05, 0) is 65.0 Å². The van der Waals surface area contributed by atoms with E-state index in [0.29, 0.717) is 0 Å². The Balaban J connectivity index is 1.85. The third kappa shape index (κ3) is 2.73. The Labute approximate surface area is 94.4 Å². The van der Waals surface area contributed by atoms with Crippen molar-refractivity contribution >= 4 is 0 Å². The maximum atomic E-state index is 3.34. The van der Waals surface area contributed by atoms with Crippen LogP contribution in [0.15, 0.2) is 0 Å². The Morgan fingerprint density at radius 3 is 2.33 bits per heavy atom. The summed E-state index contributed by atoms with van der Waals surface area (Å²) < 4.78 is 0. The minimum atomic E-state index is 0.732. The number of nitrogens with one attached hydrogen (secondary N) is 1. The smallest absolute Gasteiger partial charge is 0.0139 e. The fourth-order valence-electron chi connectivity index (χ4n) is 2.82. The summed E-state index contributed by atoms with van der Waals surface area (Å²) in [5.74, 6) is 1.94. The molecule has 0 aromatic carbocycles. The van der Waals surface area contributed by atoms with Gasteiger partial charge in [0.25, 0.3) is 0 Å². The summed E-state index contributed by atoms with van der Waals surface area (Å²) in [7, 11) is 2.08. The van der Waals surface area contributed by atoms with Gasteiger partial charge in [-0.3, -0.25) is 4.90 Å². The summed E-state index contributed by atoms with van der Waals surface area (Å²) in [5.41, 5.74) is 0. The van der Waals surface area contributed by atoms with Crippen LogP contribution in [0.4, 0.5) is 0 Å². The largest absolute Gasteiger partial charge is 0.319 e. The van der Waals surface area contributed by atoms with Crippen LogP contribution in [0.3, 0.4) is 0 Å². The topological polar surface area (TPSA) is 15.3 Å². The second kappa shape index (κ2) is 4.84. The standard InChI is InChI=1S/C13H26N2/c1-10(2)15(9-11-4-5-11)13-7-6-12(13)8-14-3/h10-14H,4-9H2,1-3H3. The molecule has 2 unspecified atom stereocenters. The molecule has 15 heavy (non-hydrogen) atoms. The molecule has 0 spiro atoms. The van der Waals surface area contributed by atoms with Gasteiger partial charge in [-0.1, -0.05) is 0 Å². The van der Waals surface area contributed by atoms with Crippen molar-refractivity contribution in [1.82, 2.24) is 10.2 Å². The van der Waals surface area contributed by atoms with E-state index in [2.05, 4.69) is 31.1 Å². The fraction of sp³-hybridized carbons (Fsp3) is 1.00. The van der Waals surface area contributed by atoms with Crippen LogP contribution in [0.2, 0.25) is 0 Å². The van der Waals surface area contributed by atoms with Gasteiger partial charge in [0.05, 0.1) is 0 Å². The molecule has 0 aliphatic heterocycles. The molecular weight excluding hydrogens is 184 g/mol. The van der Waals surface area contributed by atoms with Crippen LogP contribution in [0.25, 0.3) is 0 Å². The zero-order chi connectivity index (χ0) is 10.8. The van der Waals surface area contributed by atoms with Crippen LogP contribution >= 0.6 is 0 Å². The molecule has 2 aliphatic carbocycles. The lowest BCUT2D eigenvalue weighted by molar-refractivity contribution is 0.0349. The fourth-order valence-corrected chi connectivity index (χ4v) is 2.82. The Kier molecular flexibility index (Phi) is 3.68. The molecule has 1 N–H and O–H groups in total. The number of hydrogen-bond donors (Lipinski definition) is 1. The predicted octanol–water partition coefficient (Wildman–Crippen LogP) is 2.10. The average molecular weight is 210 g/mol. The van der Waals surface area contributed by atoms with Gasteiger partial charge in [0.2, 0.25) is 0 Å². The van der Waals surface area contributed by atoms with Gasteiger partial charge in [-0.2, -0.15) is 0 Å². The molecular formula is C13H26N2. The van der Waals surface area contributed by atoms with Crippen molar-refractivity contribution in [3.63, 3.8) is 0 Å². The molecule has 2 heteroatoms. The lowest BCUT2D eigenvalue weighted by atomic mass is 9.77. The minimum absolute atomic E-state index is 0.732. The van der Waals surface area contributed by atoms with Gasteiger partial charge < -0.3 is 5.32 Å². The quantitative estimate of drug-likeness (QED) is 0.722. The minimum Gasteiger partial charge on any atom is -0.319 e. The Morgan fingerprint density at radius 1 is 1.20 bits per heavy atom. The molecule has 2 nitrogen and oxygen atoms in total. The molecule has 88 valence electrons. The summed E-state index contributed by atoms with van der Waals surface area (Å²) in [6.07, 6.45) is 5.82. The Bertz CT molecular complexity index is 199. The van der Waals surface area contributed by atoms with E-state index in [9.17, 15) is 0 Å². The second-order valence-electron chi connectivity index (χ2n) is 5.70. The van der Waals surface area contributed by atoms with E-state index in [0.717, 1.165) is 23.9 Å². The second-order valence-corrected chi connectivity index (χ2v) is 5.70. The van der Waals surface area contributed by atoms with E-state index in [1.807, 2.05) is 0 Å². The molecule has 0 heterocycles. The van der Waals surface area contributed by atoms with Crippen molar-refractivity contribution in [3.8, 4) is 0 Å². The van der Waals surface area contributed by atoms with Crippen LogP contribution < -0.4 is 5.32 Å². The Morgan fingerprint density at radius 2 is 1.93 bits per heavy atom. The lowest BCUT2D eigenvalue weighted by Crippen LogP contribution is -2.53. The number of rotatable bonds is 6. The normalized spacial score (nSPS) is 31.0. The van der Waals surface area contributed by atoms with E-state index in [1.165, 1.54) is 38.8 Å². The highest BCUT2D eigenvalue weighted by Crippen LogP contribution is 2.37. The SMILES string of the molecule is CNCC1CCC1N(CC1CC1)C(C)C. The van der Waals surface area contributed by atoms with Crippen LogP contribution in [-0.2, 0) is 0 Å². The van der Waals surface area contributed by atoms with Crippen LogP contribution in [0, 0.1) is 11.8 Å². The van der Waals surface area contributed by atoms with E-state index < -0.39 is 0 Å². The molecule has 0 bridgehead atoms. The highest BCUT2D eigenvalue weighted by atomic mass is 15.2. The first kappa shape index (κ1) is 11.4. The number of nitrogens with zero attached hydrogens (tertiary/aromatic N) is 1. The van der Waals surface area contributed by atoms with Gasteiger partial charge >= 0.3 is 0 Å². The summed E-state index contributed by atoms with van der Waals surface area (Å²) >= 11 is 0. The van der Waals surface area contributed by atoms with E-state index in [1.54, 1.807) is 0 Å². The maximum absolute atomic E-state index is 3.34. The van der Waals surface area contributed by atoms with Crippen molar-refractivity contribution in [3.05, 3.63) is 0 Å². The zero-order valence-corrected chi connectivity index (χ0v) is 10.5. The van der Waals surface area contributed by atoms with Gasteiger partial charge in [0.15, 0.2) is 0 Å². The maximum Gasteiger partial charge on any atom is 0.0139 e. The Hall–Kier alpha value is -0.0800. The molecule has 0 amide bonds. The van der Waals surface area contributed by atoms with Crippen LogP contribution in [0.5, 0.6) is 0 Å². The summed E-state index contributed by atoms with van der Waals surface area (Å²) in [5, 5.41) is 3.34.